The molecule has 0 saturated heterocycles. The highest BCUT2D eigenvalue weighted by Gasteiger charge is 2.25. The Hall–Kier alpha value is -7.34. The normalized spacial score (nSPS) is 12.3. The molecule has 310 valence electrons. The minimum Gasteiger partial charge on any atom is -0.416 e. The molecule has 62 heavy (non-hydrogen) atoms. The van der Waals surface area contributed by atoms with Crippen LogP contribution in [0.25, 0.3) is 91.6 Å². The fraction of sp³-hybridized carbons (Fsp3) is 0.240. The first kappa shape index (κ1) is 40.1. The van der Waals surface area contributed by atoms with E-state index in [-0.39, 0.29) is 16.2 Å². The standard InChI is InChI=1S/C50H46N8O4/c1-48(2,3)37-23-31(42-53-51-40(59-42)29-16-12-10-13-17-29)20-33(25-37)44-55-57-46(61-44)35-22-36(28-39(27-35)50(7,8)9)47-58-56-45(62-47)34-21-32(24-38(26-34)49(4,5)6)43-54-52-41(60-43)30-18-14-11-15-19-30/h10-28H,1-9H3. The Morgan fingerprint density at radius 2 is 0.452 bits per heavy atom. The first-order chi connectivity index (χ1) is 29.5. The van der Waals surface area contributed by atoms with Crippen molar-refractivity contribution in [1.82, 2.24) is 40.8 Å². The molecule has 12 nitrogen and oxygen atoms in total. The molecule has 12 heteroatoms. The van der Waals surface area contributed by atoms with E-state index in [2.05, 4.69) is 140 Å². The van der Waals surface area contributed by atoms with Gasteiger partial charge in [0.05, 0.1) is 0 Å². The van der Waals surface area contributed by atoms with E-state index in [0.717, 1.165) is 50.1 Å². The van der Waals surface area contributed by atoms with Crippen molar-refractivity contribution >= 4 is 0 Å². The molecule has 0 aliphatic rings. The summed E-state index contributed by atoms with van der Waals surface area (Å²) in [6.45, 7) is 19.3. The molecule has 0 bridgehead atoms. The van der Waals surface area contributed by atoms with E-state index in [1.165, 1.54) is 0 Å². The minimum atomic E-state index is -0.242. The van der Waals surface area contributed by atoms with Gasteiger partial charge in [0.1, 0.15) is 0 Å². The molecule has 0 unspecified atom stereocenters. The van der Waals surface area contributed by atoms with Crippen molar-refractivity contribution in [1.29, 1.82) is 0 Å². The second-order valence-corrected chi connectivity index (χ2v) is 18.5. The molecular weight excluding hydrogens is 777 g/mol. The maximum atomic E-state index is 6.48. The highest BCUT2D eigenvalue weighted by molar-refractivity contribution is 5.72. The molecule has 0 saturated carbocycles. The van der Waals surface area contributed by atoms with Gasteiger partial charge in [-0.1, -0.05) is 98.7 Å². The summed E-state index contributed by atoms with van der Waals surface area (Å²) in [5.41, 5.74) is 8.53. The fourth-order valence-electron chi connectivity index (χ4n) is 6.91. The zero-order valence-electron chi connectivity index (χ0n) is 36.2. The quantitative estimate of drug-likeness (QED) is 0.143. The first-order valence-electron chi connectivity index (χ1n) is 20.5. The van der Waals surface area contributed by atoms with E-state index >= 15 is 0 Å². The number of nitrogens with zero attached hydrogens (tertiary/aromatic N) is 8. The maximum absolute atomic E-state index is 6.48. The molecule has 4 heterocycles. The van der Waals surface area contributed by atoms with Crippen molar-refractivity contribution in [3.8, 4) is 91.6 Å². The third-order valence-corrected chi connectivity index (χ3v) is 10.6. The Bertz CT molecular complexity index is 2840. The van der Waals surface area contributed by atoms with Crippen LogP contribution in [0.15, 0.2) is 133 Å². The number of benzene rings is 5. The summed E-state index contributed by atoms with van der Waals surface area (Å²) in [5, 5.41) is 35.6. The molecular formula is C50H46N8O4. The number of hydrogen-bond acceptors (Lipinski definition) is 12. The van der Waals surface area contributed by atoms with Crippen LogP contribution >= 0.6 is 0 Å². The van der Waals surface area contributed by atoms with Gasteiger partial charge in [0, 0.05) is 44.5 Å². The van der Waals surface area contributed by atoms with Crippen molar-refractivity contribution in [2.45, 2.75) is 78.6 Å². The number of hydrogen-bond donors (Lipinski definition) is 0. The molecule has 0 aliphatic carbocycles. The summed E-state index contributed by atoms with van der Waals surface area (Å²) in [7, 11) is 0. The number of rotatable bonds is 8. The van der Waals surface area contributed by atoms with Gasteiger partial charge in [-0.05, 0) is 112 Å². The van der Waals surface area contributed by atoms with Crippen LogP contribution in [0.4, 0.5) is 0 Å². The largest absolute Gasteiger partial charge is 0.416 e. The predicted molar refractivity (Wildman–Crippen MR) is 237 cm³/mol. The second-order valence-electron chi connectivity index (χ2n) is 18.5. The van der Waals surface area contributed by atoms with E-state index in [0.29, 0.717) is 58.3 Å². The van der Waals surface area contributed by atoms with Gasteiger partial charge in [-0.15, -0.1) is 40.8 Å². The maximum Gasteiger partial charge on any atom is 0.248 e. The molecule has 4 aromatic heterocycles. The highest BCUT2D eigenvalue weighted by Crippen LogP contribution is 2.39. The van der Waals surface area contributed by atoms with Gasteiger partial charge in [0.25, 0.3) is 0 Å². The minimum absolute atomic E-state index is 0.205. The Morgan fingerprint density at radius 1 is 0.258 bits per heavy atom. The van der Waals surface area contributed by atoms with Crippen LogP contribution in [0.3, 0.4) is 0 Å². The lowest BCUT2D eigenvalue weighted by atomic mass is 9.85. The zero-order chi connectivity index (χ0) is 43.4. The van der Waals surface area contributed by atoms with E-state index in [1.54, 1.807) is 0 Å². The average Bonchev–Trinajstić information content (AvgIpc) is 4.11. The summed E-state index contributed by atoms with van der Waals surface area (Å²) in [4.78, 5) is 0. The van der Waals surface area contributed by atoms with Crippen LogP contribution in [-0.2, 0) is 16.2 Å². The molecule has 0 radical (unpaired) electrons. The first-order valence-corrected chi connectivity index (χ1v) is 20.5. The third kappa shape index (κ3) is 8.23. The topological polar surface area (TPSA) is 156 Å². The van der Waals surface area contributed by atoms with Gasteiger partial charge < -0.3 is 17.7 Å². The van der Waals surface area contributed by atoms with Gasteiger partial charge in [-0.2, -0.15) is 0 Å². The van der Waals surface area contributed by atoms with E-state index in [4.69, 9.17) is 17.7 Å². The van der Waals surface area contributed by atoms with Crippen LogP contribution in [0.5, 0.6) is 0 Å². The van der Waals surface area contributed by atoms with Gasteiger partial charge in [0.2, 0.25) is 47.1 Å². The summed E-state index contributed by atoms with van der Waals surface area (Å²) in [6.07, 6.45) is 0. The molecule has 0 N–H and O–H groups in total. The van der Waals surface area contributed by atoms with Crippen LogP contribution in [0.2, 0.25) is 0 Å². The van der Waals surface area contributed by atoms with E-state index < -0.39 is 0 Å². The lowest BCUT2D eigenvalue weighted by Crippen LogP contribution is -2.11. The lowest BCUT2D eigenvalue weighted by molar-refractivity contribution is 0.573. The molecule has 0 atom stereocenters. The zero-order valence-corrected chi connectivity index (χ0v) is 36.2. The SMILES string of the molecule is CC(C)(C)c1cc(-c2nnc(-c3ccccc3)o2)cc(-c2nnc(-c3cc(-c4nnc(-c5cc(-c6nnc(-c7ccccc7)o6)cc(C(C)(C)C)c5)o4)cc(C(C)(C)C)c3)o2)c1. The number of aromatic nitrogens is 8. The van der Waals surface area contributed by atoms with Gasteiger partial charge in [-0.25, -0.2) is 0 Å². The van der Waals surface area contributed by atoms with E-state index in [9.17, 15) is 0 Å². The van der Waals surface area contributed by atoms with Crippen LogP contribution in [0.1, 0.15) is 79.0 Å². The van der Waals surface area contributed by atoms with Crippen molar-refractivity contribution in [3.05, 3.63) is 132 Å². The molecule has 9 aromatic rings. The Balaban J connectivity index is 1.07. The molecule has 0 aliphatic heterocycles. The average molecular weight is 823 g/mol. The fourth-order valence-corrected chi connectivity index (χ4v) is 6.91. The van der Waals surface area contributed by atoms with Gasteiger partial charge >= 0.3 is 0 Å². The van der Waals surface area contributed by atoms with Crippen LogP contribution < -0.4 is 0 Å². The highest BCUT2D eigenvalue weighted by atomic mass is 16.4. The molecule has 0 amide bonds. The van der Waals surface area contributed by atoms with E-state index in [1.807, 2.05) is 78.9 Å². The van der Waals surface area contributed by atoms with Gasteiger partial charge in [0.15, 0.2) is 0 Å². The van der Waals surface area contributed by atoms with Crippen LogP contribution in [0, 0.1) is 0 Å². The summed E-state index contributed by atoms with van der Waals surface area (Å²) < 4.78 is 25.3. The van der Waals surface area contributed by atoms with Gasteiger partial charge in [-0.3, -0.25) is 0 Å². The molecule has 9 rings (SSSR count). The third-order valence-electron chi connectivity index (χ3n) is 10.6. The molecule has 0 spiro atoms. The Morgan fingerprint density at radius 3 is 0.645 bits per heavy atom. The van der Waals surface area contributed by atoms with Crippen LogP contribution in [-0.4, -0.2) is 40.8 Å². The summed E-state index contributed by atoms with van der Waals surface area (Å²) in [5.74, 6) is 3.06. The summed E-state index contributed by atoms with van der Waals surface area (Å²) in [6, 6.07) is 37.6. The Kier molecular flexibility index (Phi) is 9.88. The smallest absolute Gasteiger partial charge is 0.248 e. The van der Waals surface area contributed by atoms with Crippen molar-refractivity contribution < 1.29 is 17.7 Å². The summed E-state index contributed by atoms with van der Waals surface area (Å²) >= 11 is 0. The van der Waals surface area contributed by atoms with Crippen molar-refractivity contribution in [2.75, 3.05) is 0 Å². The van der Waals surface area contributed by atoms with Crippen molar-refractivity contribution in [3.63, 3.8) is 0 Å². The predicted octanol–water partition coefficient (Wildman–Crippen LogP) is 12.4. The second kappa shape index (κ2) is 15.3. The molecule has 0 fully saturated rings. The Labute approximate surface area is 359 Å². The monoisotopic (exact) mass is 822 g/mol. The lowest BCUT2D eigenvalue weighted by Gasteiger charge is -2.20. The molecule has 5 aromatic carbocycles. The van der Waals surface area contributed by atoms with Crippen molar-refractivity contribution in [2.24, 2.45) is 0 Å².